The molecule has 1 N–H and O–H groups in total. The van der Waals surface area contributed by atoms with Crippen molar-refractivity contribution in [1.29, 1.82) is 0 Å². The van der Waals surface area contributed by atoms with Gasteiger partial charge in [0.2, 0.25) is 11.8 Å². The predicted molar refractivity (Wildman–Crippen MR) is 148 cm³/mol. The third-order valence-corrected chi connectivity index (χ3v) is 6.68. The number of nitrogens with one attached hydrogen (secondary N) is 1. The van der Waals surface area contributed by atoms with Gasteiger partial charge in [-0.1, -0.05) is 105 Å². The van der Waals surface area contributed by atoms with Crippen LogP contribution in [0.5, 0.6) is 0 Å². The van der Waals surface area contributed by atoms with Crippen molar-refractivity contribution in [2.75, 3.05) is 6.54 Å². The minimum Gasteiger partial charge on any atom is -0.354 e. The number of amides is 2. The van der Waals surface area contributed by atoms with Crippen LogP contribution in [0.4, 0.5) is 0 Å². The number of carbonyl (C=O) groups is 2. The fourth-order valence-corrected chi connectivity index (χ4v) is 4.32. The average molecular weight is 505 g/mol. The number of halogens is 1. The molecule has 0 aliphatic carbocycles. The van der Waals surface area contributed by atoms with Crippen molar-refractivity contribution < 1.29 is 9.59 Å². The van der Waals surface area contributed by atoms with Crippen LogP contribution in [0.2, 0.25) is 5.02 Å². The van der Waals surface area contributed by atoms with E-state index in [1.807, 2.05) is 54.6 Å². The Morgan fingerprint density at radius 3 is 2.14 bits per heavy atom. The van der Waals surface area contributed by atoms with Crippen LogP contribution in [0.1, 0.15) is 49.4 Å². The van der Waals surface area contributed by atoms with Gasteiger partial charge in [0.25, 0.3) is 0 Å². The van der Waals surface area contributed by atoms with E-state index in [4.69, 9.17) is 11.6 Å². The molecule has 0 spiro atoms. The van der Waals surface area contributed by atoms with Crippen molar-refractivity contribution in [3.63, 3.8) is 0 Å². The first-order valence-electron chi connectivity index (χ1n) is 12.8. The molecule has 0 saturated heterocycles. The summed E-state index contributed by atoms with van der Waals surface area (Å²) in [5.41, 5.74) is 4.22. The largest absolute Gasteiger partial charge is 0.354 e. The highest BCUT2D eigenvalue weighted by Crippen LogP contribution is 2.21. The summed E-state index contributed by atoms with van der Waals surface area (Å²) in [7, 11) is 0. The van der Waals surface area contributed by atoms with Crippen molar-refractivity contribution >= 4 is 23.4 Å². The predicted octanol–water partition coefficient (Wildman–Crippen LogP) is 6.25. The third-order valence-electron chi connectivity index (χ3n) is 6.31. The van der Waals surface area contributed by atoms with E-state index in [2.05, 4.69) is 50.4 Å². The number of benzene rings is 3. The number of hydrogen-bond donors (Lipinski definition) is 1. The fraction of sp³-hybridized carbons (Fsp3) is 0.355. The van der Waals surface area contributed by atoms with Crippen molar-refractivity contribution in [3.05, 3.63) is 106 Å². The van der Waals surface area contributed by atoms with Crippen LogP contribution >= 0.6 is 11.6 Å². The first kappa shape index (κ1) is 27.5. The van der Waals surface area contributed by atoms with E-state index >= 15 is 0 Å². The van der Waals surface area contributed by atoms with Crippen LogP contribution in [-0.2, 0) is 35.4 Å². The van der Waals surface area contributed by atoms with E-state index in [0.717, 1.165) is 23.1 Å². The van der Waals surface area contributed by atoms with Crippen LogP contribution in [-0.4, -0.2) is 29.3 Å². The van der Waals surface area contributed by atoms with Crippen LogP contribution in [0.3, 0.4) is 0 Å². The number of carbonyl (C=O) groups excluding carboxylic acids is 2. The maximum Gasteiger partial charge on any atom is 0.243 e. The minimum atomic E-state index is -0.641. The Bertz CT molecular complexity index is 1110. The Labute approximate surface area is 220 Å². The summed E-state index contributed by atoms with van der Waals surface area (Å²) in [6.07, 6.45) is 2.36. The molecule has 3 aromatic carbocycles. The molecular weight excluding hydrogens is 468 g/mol. The zero-order chi connectivity index (χ0) is 25.9. The quantitative estimate of drug-likeness (QED) is 0.317. The molecule has 1 unspecified atom stereocenters. The van der Waals surface area contributed by atoms with Crippen molar-refractivity contribution in [1.82, 2.24) is 10.2 Å². The molecule has 36 heavy (non-hydrogen) atoms. The number of aryl methyl sites for hydroxylation is 2. The Hall–Kier alpha value is -3.11. The minimum absolute atomic E-state index is 0.0601. The highest BCUT2D eigenvalue weighted by molar-refractivity contribution is 6.31. The lowest BCUT2D eigenvalue weighted by Gasteiger charge is -2.32. The molecule has 3 aromatic rings. The van der Waals surface area contributed by atoms with E-state index in [1.54, 1.807) is 4.90 Å². The van der Waals surface area contributed by atoms with Gasteiger partial charge in [-0.25, -0.2) is 0 Å². The fourth-order valence-electron chi connectivity index (χ4n) is 4.12. The summed E-state index contributed by atoms with van der Waals surface area (Å²) in [6, 6.07) is 25.1. The molecule has 0 aliphatic heterocycles. The van der Waals surface area contributed by atoms with Gasteiger partial charge in [0, 0.05) is 31.0 Å². The standard InChI is InChI=1S/C31H37ClN2O2/c1-4-24-14-16-25(17-15-24)18-19-30(35)34(22-27-12-8-9-13-28(27)32)29(31(36)33-21-23(2)3)20-26-10-6-5-7-11-26/h5-17,23,29H,4,18-22H2,1-3H3,(H,33,36). The summed E-state index contributed by atoms with van der Waals surface area (Å²) < 4.78 is 0. The number of rotatable bonds is 12. The van der Waals surface area contributed by atoms with Crippen LogP contribution < -0.4 is 5.32 Å². The molecule has 0 aliphatic rings. The van der Waals surface area contributed by atoms with Gasteiger partial charge in [-0.3, -0.25) is 9.59 Å². The van der Waals surface area contributed by atoms with Gasteiger partial charge in [-0.15, -0.1) is 0 Å². The maximum absolute atomic E-state index is 13.7. The molecule has 3 rings (SSSR count). The summed E-state index contributed by atoms with van der Waals surface area (Å²) >= 11 is 6.48. The van der Waals surface area contributed by atoms with Crippen LogP contribution in [0.25, 0.3) is 0 Å². The van der Waals surface area contributed by atoms with Crippen LogP contribution in [0.15, 0.2) is 78.9 Å². The summed E-state index contributed by atoms with van der Waals surface area (Å²) in [5.74, 6) is 0.112. The zero-order valence-electron chi connectivity index (χ0n) is 21.5. The second kappa shape index (κ2) is 13.8. The molecular formula is C31H37ClN2O2. The van der Waals surface area contributed by atoms with Gasteiger partial charge in [0.1, 0.15) is 6.04 Å². The molecule has 0 aromatic heterocycles. The number of hydrogen-bond acceptors (Lipinski definition) is 2. The lowest BCUT2D eigenvalue weighted by molar-refractivity contribution is -0.141. The highest BCUT2D eigenvalue weighted by atomic mass is 35.5. The smallest absolute Gasteiger partial charge is 0.243 e. The Balaban J connectivity index is 1.89. The molecule has 0 radical (unpaired) electrons. The van der Waals surface area contributed by atoms with Crippen molar-refractivity contribution in [2.45, 2.75) is 59.0 Å². The average Bonchev–Trinajstić information content (AvgIpc) is 2.89. The van der Waals surface area contributed by atoms with E-state index < -0.39 is 6.04 Å². The molecule has 1 atom stereocenters. The molecule has 0 saturated carbocycles. The SMILES string of the molecule is CCc1ccc(CCC(=O)N(Cc2ccccc2Cl)C(Cc2ccccc2)C(=O)NCC(C)C)cc1. The Morgan fingerprint density at radius 2 is 1.50 bits per heavy atom. The third kappa shape index (κ3) is 8.23. The summed E-state index contributed by atoms with van der Waals surface area (Å²) in [5, 5.41) is 3.65. The van der Waals surface area contributed by atoms with Crippen molar-refractivity contribution in [3.8, 4) is 0 Å². The topological polar surface area (TPSA) is 49.4 Å². The monoisotopic (exact) mass is 504 g/mol. The van der Waals surface area contributed by atoms with Gasteiger partial charge in [-0.2, -0.15) is 0 Å². The van der Waals surface area contributed by atoms with E-state index in [1.165, 1.54) is 5.56 Å². The van der Waals surface area contributed by atoms with Gasteiger partial charge >= 0.3 is 0 Å². The van der Waals surface area contributed by atoms with Gasteiger partial charge in [-0.05, 0) is 47.1 Å². The van der Waals surface area contributed by atoms with E-state index in [9.17, 15) is 9.59 Å². The van der Waals surface area contributed by atoms with Gasteiger partial charge < -0.3 is 10.2 Å². The maximum atomic E-state index is 13.7. The highest BCUT2D eigenvalue weighted by Gasteiger charge is 2.30. The zero-order valence-corrected chi connectivity index (χ0v) is 22.3. The lowest BCUT2D eigenvalue weighted by atomic mass is 10.0. The first-order valence-corrected chi connectivity index (χ1v) is 13.2. The van der Waals surface area contributed by atoms with E-state index in [0.29, 0.717) is 36.7 Å². The second-order valence-corrected chi connectivity index (χ2v) is 10.0. The Kier molecular flexibility index (Phi) is 10.6. The number of nitrogens with zero attached hydrogens (tertiary/aromatic N) is 1. The van der Waals surface area contributed by atoms with Crippen LogP contribution in [0, 0.1) is 5.92 Å². The Morgan fingerprint density at radius 1 is 0.861 bits per heavy atom. The molecule has 190 valence electrons. The lowest BCUT2D eigenvalue weighted by Crippen LogP contribution is -2.51. The van der Waals surface area contributed by atoms with Gasteiger partial charge in [0.05, 0.1) is 0 Å². The summed E-state index contributed by atoms with van der Waals surface area (Å²) in [6.45, 7) is 7.08. The molecule has 5 heteroatoms. The van der Waals surface area contributed by atoms with E-state index in [-0.39, 0.29) is 18.4 Å². The summed E-state index contributed by atoms with van der Waals surface area (Å²) in [4.78, 5) is 28.9. The van der Waals surface area contributed by atoms with Crippen molar-refractivity contribution in [2.24, 2.45) is 5.92 Å². The second-order valence-electron chi connectivity index (χ2n) is 9.63. The van der Waals surface area contributed by atoms with Gasteiger partial charge in [0.15, 0.2) is 0 Å². The normalized spacial score (nSPS) is 11.8. The molecule has 0 fully saturated rings. The first-order chi connectivity index (χ1) is 17.4. The molecule has 2 amide bonds. The molecule has 0 bridgehead atoms. The molecule has 4 nitrogen and oxygen atoms in total. The molecule has 0 heterocycles.